The Morgan fingerprint density at radius 1 is 0.308 bits per heavy atom. The van der Waals surface area contributed by atoms with Crippen LogP contribution in [-0.4, -0.2) is 13.4 Å². The van der Waals surface area contributed by atoms with Crippen molar-refractivity contribution in [1.82, 2.24) is 0 Å². The van der Waals surface area contributed by atoms with E-state index in [4.69, 9.17) is 4.74 Å². The average molecular weight is 1670 g/mol. The van der Waals surface area contributed by atoms with Gasteiger partial charge in [0.05, 0.1) is 11.1 Å². The van der Waals surface area contributed by atoms with Crippen molar-refractivity contribution < 1.29 is 4.74 Å². The van der Waals surface area contributed by atoms with Crippen LogP contribution in [0.3, 0.4) is 0 Å². The third kappa shape index (κ3) is 11.9. The fourth-order valence-corrected chi connectivity index (χ4v) is 24.4. The zero-order valence-electron chi connectivity index (χ0n) is 72.4. The molecule has 618 valence electrons. The molecule has 5 aliphatic heterocycles. The number of allylic oxidation sites excluding steroid dienone is 22. The van der Waals surface area contributed by atoms with Gasteiger partial charge in [0.25, 0.3) is 13.4 Å². The summed E-state index contributed by atoms with van der Waals surface area (Å²) in [7, 11) is 0. The van der Waals surface area contributed by atoms with Crippen molar-refractivity contribution >= 4 is 120 Å². The predicted molar refractivity (Wildman–Crippen MR) is 542 cm³/mol. The second-order valence-electron chi connectivity index (χ2n) is 36.6. The molecule has 5 heterocycles. The van der Waals surface area contributed by atoms with Crippen LogP contribution in [0, 0.1) is 23.7 Å². The lowest BCUT2D eigenvalue weighted by Gasteiger charge is -2.49. The van der Waals surface area contributed by atoms with Crippen molar-refractivity contribution in [3.05, 3.63) is 510 Å². The molecular weight excluding hydrogens is 1570 g/mol. The van der Waals surface area contributed by atoms with E-state index in [-0.39, 0.29) is 43.0 Å². The molecule has 0 saturated heterocycles. The topological polar surface area (TPSA) is 25.4 Å². The highest BCUT2D eigenvalue weighted by molar-refractivity contribution is 7.01. The number of ether oxygens (including phenoxy) is 1. The summed E-state index contributed by atoms with van der Waals surface area (Å²) in [6.07, 6.45) is 51.1. The quantitative estimate of drug-likeness (QED) is 0.0795. The van der Waals surface area contributed by atoms with Crippen molar-refractivity contribution in [1.29, 1.82) is 0 Å². The van der Waals surface area contributed by atoms with Gasteiger partial charge < -0.3 is 29.2 Å². The van der Waals surface area contributed by atoms with Gasteiger partial charge in [-0.15, -0.1) is 0 Å². The van der Waals surface area contributed by atoms with E-state index in [9.17, 15) is 0 Å². The number of hydrogen-bond donors (Lipinski definition) is 0. The number of fused-ring (bicyclic) bond motifs is 17. The van der Waals surface area contributed by atoms with E-state index >= 15 is 0 Å². The van der Waals surface area contributed by atoms with Crippen LogP contribution >= 0.6 is 0 Å². The molecule has 0 N–H and O–H groups in total. The fraction of sp³-hybridized carbons (Fsp3) is 0.115. The SMILES string of the molecule is C1=CCC(C2=C(N3c4cc5c(cc4B4c6ccccc6N(c6ccccc6)c6cc(C(c7ccccc7)c7ccccc7)cc3c64)C3(c4cc6c(cc4O5)N(C4=C(C5C=CC=CC5)C=CCC4C4=CCCC=C4)c4cc(N(c5ccccc5)c5ccccc5)cc5c4B6c4ccccc4N5c4ccccc4)c4ccccc4-c4ccccc43)C(C3=CCCC=C3)CC=C2)C=C1. The van der Waals surface area contributed by atoms with Crippen LogP contribution in [0.4, 0.5) is 73.9 Å². The molecule has 7 aliphatic carbocycles. The molecule has 14 aromatic carbocycles. The van der Waals surface area contributed by atoms with Crippen LogP contribution in [0.5, 0.6) is 11.5 Å². The Hall–Kier alpha value is -15.1. The van der Waals surface area contributed by atoms with Crippen molar-refractivity contribution in [2.24, 2.45) is 23.7 Å². The van der Waals surface area contributed by atoms with Crippen LogP contribution in [-0.2, 0) is 5.41 Å². The molecule has 0 fully saturated rings. The molecule has 8 heteroatoms. The maximum atomic E-state index is 8.68. The number of benzene rings is 14. The summed E-state index contributed by atoms with van der Waals surface area (Å²) in [6, 6.07) is 126. The third-order valence-corrected chi connectivity index (χ3v) is 29.7. The molecule has 0 bridgehead atoms. The van der Waals surface area contributed by atoms with Gasteiger partial charge >= 0.3 is 0 Å². The highest BCUT2D eigenvalue weighted by Gasteiger charge is 2.57. The molecule has 6 nitrogen and oxygen atoms in total. The van der Waals surface area contributed by atoms with E-state index < -0.39 is 5.41 Å². The van der Waals surface area contributed by atoms with Crippen LogP contribution in [0.15, 0.2) is 471 Å². The largest absolute Gasteiger partial charge is 0.457 e. The normalized spacial score (nSPS) is 19.0. The van der Waals surface area contributed by atoms with E-state index in [1.165, 1.54) is 122 Å². The monoisotopic (exact) mass is 1670 g/mol. The lowest BCUT2D eigenvalue weighted by Crippen LogP contribution is -2.62. The van der Waals surface area contributed by atoms with Gasteiger partial charge in [0, 0.05) is 132 Å². The summed E-state index contributed by atoms with van der Waals surface area (Å²) in [5.74, 6) is 1.71. The molecule has 0 aromatic heterocycles. The zero-order chi connectivity index (χ0) is 85.5. The van der Waals surface area contributed by atoms with Gasteiger partial charge in [-0.2, -0.15) is 0 Å². The lowest BCUT2D eigenvalue weighted by atomic mass is 9.33. The summed E-state index contributed by atoms with van der Waals surface area (Å²) < 4.78 is 8.68. The van der Waals surface area contributed by atoms with Gasteiger partial charge in [-0.3, -0.25) is 0 Å². The molecule has 14 aromatic rings. The molecule has 12 aliphatic rings. The predicted octanol–water partition coefficient (Wildman–Crippen LogP) is 26.8. The van der Waals surface area contributed by atoms with Crippen molar-refractivity contribution in [2.45, 2.75) is 62.7 Å². The van der Waals surface area contributed by atoms with Crippen molar-refractivity contribution in [3.63, 3.8) is 0 Å². The molecule has 1 spiro atoms. The molecule has 26 rings (SSSR count). The van der Waals surface area contributed by atoms with Crippen LogP contribution in [0.2, 0.25) is 0 Å². The molecule has 0 saturated carbocycles. The third-order valence-electron chi connectivity index (χ3n) is 29.7. The first kappa shape index (κ1) is 76.2. The maximum absolute atomic E-state index is 8.68. The van der Waals surface area contributed by atoms with Crippen molar-refractivity contribution in [2.75, 3.05) is 24.5 Å². The Balaban J connectivity index is 0.804. The van der Waals surface area contributed by atoms with E-state index in [1.807, 2.05) is 0 Å². The Morgan fingerprint density at radius 2 is 0.715 bits per heavy atom. The second kappa shape index (κ2) is 31.1. The van der Waals surface area contributed by atoms with Gasteiger partial charge in [-0.25, -0.2) is 0 Å². The first-order valence-corrected chi connectivity index (χ1v) is 46.9. The van der Waals surface area contributed by atoms with Gasteiger partial charge in [0.2, 0.25) is 0 Å². The first-order chi connectivity index (χ1) is 64.6. The number of hydrogen-bond acceptors (Lipinski definition) is 6. The molecular formula is C122H93B2N5O. The highest BCUT2D eigenvalue weighted by atomic mass is 16.5. The minimum atomic E-state index is -0.955. The molecule has 4 atom stereocenters. The Labute approximate surface area is 762 Å². The van der Waals surface area contributed by atoms with Crippen molar-refractivity contribution in [3.8, 4) is 22.6 Å². The van der Waals surface area contributed by atoms with E-state index in [2.05, 4.69) is 461 Å². The van der Waals surface area contributed by atoms with Gasteiger partial charge in [0.15, 0.2) is 0 Å². The van der Waals surface area contributed by atoms with Gasteiger partial charge in [-0.1, -0.05) is 340 Å². The average Bonchev–Trinajstić information content (AvgIpc) is 1.33. The standard InChI is InChI=1S/C122H93B2N5O/c1-11-41-81(42-12-1)93-63-39-64-94(82-43-13-2-14-44-82)120(93)128-109-79-115-101(77-105(109)123-103-69-35-37-71-107(103)126(90-57-27-9-28-58-90)111-73-87(74-112(128)118(111)123)117(85-49-19-5-20-50-85)86-51-21-6-22-52-86)122(99-67-33-31-61-97(99)98-62-32-34-68-100(98)122)102-78-106-110(80-116(102)130-115)129(121-95(83-45-15-3-16-46-83)65-40-66-96(121)84-47-17-4-18-48-84)114-76-92(125(88-53-23-7-24-54-88)89-55-25-8-26-56-89)75-113-119(114)124(106)104-70-36-38-72-108(104)127(113)91-59-29-10-30-60-91/h1,3,5-13,15-17,19-41,43-45,47-63,65,67-81,83,94,96,117H,2,4,14,18,42,46,64,66H2. The van der Waals surface area contributed by atoms with E-state index in [0.29, 0.717) is 0 Å². The Kier molecular flexibility index (Phi) is 18.2. The zero-order valence-corrected chi connectivity index (χ0v) is 72.4. The molecule has 4 unspecified atom stereocenters. The first-order valence-electron chi connectivity index (χ1n) is 46.9. The number of anilines is 13. The van der Waals surface area contributed by atoms with E-state index in [0.717, 1.165) is 131 Å². The minimum Gasteiger partial charge on any atom is -0.457 e. The van der Waals surface area contributed by atoms with E-state index in [1.54, 1.807) is 0 Å². The maximum Gasteiger partial charge on any atom is 0.252 e. The Morgan fingerprint density at radius 3 is 1.16 bits per heavy atom. The number of rotatable bonds is 14. The fourth-order valence-electron chi connectivity index (χ4n) is 24.4. The lowest BCUT2D eigenvalue weighted by molar-refractivity contribution is 0.437. The number of nitrogens with zero attached hydrogens (tertiary/aromatic N) is 5. The van der Waals surface area contributed by atoms with Crippen LogP contribution in [0.25, 0.3) is 11.1 Å². The summed E-state index contributed by atoms with van der Waals surface area (Å²) in [6.45, 7) is -0.537. The molecule has 130 heavy (non-hydrogen) atoms. The highest BCUT2D eigenvalue weighted by Crippen LogP contribution is 2.65. The summed E-state index contributed by atoms with van der Waals surface area (Å²) in [5, 5.41) is 0. The minimum absolute atomic E-state index is 0.00600. The summed E-state index contributed by atoms with van der Waals surface area (Å²) in [5.41, 5.74) is 40.2. The smallest absolute Gasteiger partial charge is 0.252 e. The van der Waals surface area contributed by atoms with Crippen LogP contribution in [0.1, 0.15) is 96.2 Å². The Bertz CT molecular complexity index is 6880. The van der Waals surface area contributed by atoms with Gasteiger partial charge in [0.1, 0.15) is 11.5 Å². The second-order valence-corrected chi connectivity index (χ2v) is 36.6. The number of para-hydroxylation sites is 6. The molecule has 0 amide bonds. The van der Waals surface area contributed by atoms with Crippen LogP contribution < -0.4 is 62.0 Å². The summed E-state index contributed by atoms with van der Waals surface area (Å²) in [4.78, 5) is 13.3. The van der Waals surface area contributed by atoms with Gasteiger partial charge in [-0.05, 0) is 230 Å². The molecule has 0 radical (unpaired) electrons. The summed E-state index contributed by atoms with van der Waals surface area (Å²) >= 11 is 0.